The maximum absolute atomic E-state index is 12.6. The highest BCUT2D eigenvalue weighted by atomic mass is 16.5. The SMILES string of the molecule is COCCCn1c(C)cc(C(=O)COC(=O)CN2C(=O)C3CCCCC3C2=O)c1C. The highest BCUT2D eigenvalue weighted by molar-refractivity contribution is 6.07. The number of nitrogens with zero attached hydrogens (tertiary/aromatic N) is 2. The third kappa shape index (κ3) is 4.48. The molecule has 0 spiro atoms. The van der Waals surface area contributed by atoms with Crippen molar-refractivity contribution in [3.8, 4) is 0 Å². The van der Waals surface area contributed by atoms with Crippen LogP contribution in [0.25, 0.3) is 0 Å². The van der Waals surface area contributed by atoms with Crippen molar-refractivity contribution in [2.45, 2.75) is 52.5 Å². The number of methoxy groups -OCH3 is 1. The van der Waals surface area contributed by atoms with Crippen molar-refractivity contribution in [3.05, 3.63) is 23.0 Å². The number of likely N-dealkylation sites (tertiary alicyclic amines) is 1. The average Bonchev–Trinajstić information content (AvgIpc) is 3.15. The fraction of sp³-hybridized carbons (Fsp3) is 0.636. The first kappa shape index (κ1) is 22.2. The third-order valence-corrected chi connectivity index (χ3v) is 6.19. The summed E-state index contributed by atoms with van der Waals surface area (Å²) in [5.74, 6) is -2.21. The number of carbonyl (C=O) groups is 4. The molecule has 2 fully saturated rings. The maximum Gasteiger partial charge on any atom is 0.326 e. The predicted octanol–water partition coefficient (Wildman–Crippen LogP) is 2.04. The molecular weight excluding hydrogens is 388 g/mol. The zero-order valence-corrected chi connectivity index (χ0v) is 17.9. The van der Waals surface area contributed by atoms with Gasteiger partial charge in [-0.1, -0.05) is 12.8 Å². The van der Waals surface area contributed by atoms with Crippen molar-refractivity contribution in [2.75, 3.05) is 26.9 Å². The van der Waals surface area contributed by atoms with Crippen molar-refractivity contribution in [3.63, 3.8) is 0 Å². The van der Waals surface area contributed by atoms with Crippen molar-refractivity contribution >= 4 is 23.6 Å². The van der Waals surface area contributed by atoms with Crippen LogP contribution in [0.5, 0.6) is 0 Å². The Bertz CT molecular complexity index is 819. The number of ketones is 1. The number of Topliss-reactive ketones (excluding diaryl/α,β-unsaturated/α-hetero) is 1. The summed E-state index contributed by atoms with van der Waals surface area (Å²) < 4.78 is 12.2. The molecule has 8 heteroatoms. The molecule has 0 aromatic carbocycles. The number of aryl methyl sites for hydroxylation is 1. The molecule has 8 nitrogen and oxygen atoms in total. The molecule has 2 atom stereocenters. The highest BCUT2D eigenvalue weighted by Gasteiger charge is 2.48. The standard InChI is InChI=1S/C22H30N2O6/c1-14-11-18(15(2)23(14)9-6-10-29-3)19(25)13-30-20(26)12-24-21(27)16-7-4-5-8-17(16)22(24)28/h11,16-17H,4-10,12-13H2,1-3H3. The summed E-state index contributed by atoms with van der Waals surface area (Å²) in [5.41, 5.74) is 2.28. The molecule has 1 aromatic heterocycles. The van der Waals surface area contributed by atoms with E-state index in [0.717, 1.165) is 42.1 Å². The van der Waals surface area contributed by atoms with Crippen LogP contribution in [0.1, 0.15) is 53.8 Å². The number of carbonyl (C=O) groups excluding carboxylic acids is 4. The molecule has 1 aliphatic carbocycles. The van der Waals surface area contributed by atoms with E-state index in [1.54, 1.807) is 13.2 Å². The van der Waals surface area contributed by atoms with Gasteiger partial charge in [-0.15, -0.1) is 0 Å². The van der Waals surface area contributed by atoms with E-state index in [1.807, 2.05) is 18.4 Å². The van der Waals surface area contributed by atoms with Crippen LogP contribution in [0.4, 0.5) is 0 Å². The van der Waals surface area contributed by atoms with Crippen LogP contribution in [0, 0.1) is 25.7 Å². The fourth-order valence-corrected chi connectivity index (χ4v) is 4.58. The molecule has 164 valence electrons. The van der Waals surface area contributed by atoms with Gasteiger partial charge in [-0.05, 0) is 39.2 Å². The van der Waals surface area contributed by atoms with Crippen LogP contribution >= 0.6 is 0 Å². The number of hydrogen-bond acceptors (Lipinski definition) is 6. The Morgan fingerprint density at radius 2 is 1.73 bits per heavy atom. The van der Waals surface area contributed by atoms with E-state index in [0.29, 0.717) is 25.0 Å². The topological polar surface area (TPSA) is 94.9 Å². The van der Waals surface area contributed by atoms with Crippen molar-refractivity contribution in [1.29, 1.82) is 0 Å². The zero-order chi connectivity index (χ0) is 21.8. The van der Waals surface area contributed by atoms with Gasteiger partial charge in [0.1, 0.15) is 6.54 Å². The van der Waals surface area contributed by atoms with Gasteiger partial charge >= 0.3 is 5.97 Å². The summed E-state index contributed by atoms with van der Waals surface area (Å²) >= 11 is 0. The molecule has 1 saturated carbocycles. The Labute approximate surface area is 176 Å². The van der Waals surface area contributed by atoms with E-state index < -0.39 is 19.1 Å². The molecule has 2 unspecified atom stereocenters. The highest BCUT2D eigenvalue weighted by Crippen LogP contribution is 2.37. The average molecular weight is 418 g/mol. The van der Waals surface area contributed by atoms with Gasteiger partial charge < -0.3 is 14.0 Å². The summed E-state index contributed by atoms with van der Waals surface area (Å²) in [6, 6.07) is 1.79. The molecule has 2 heterocycles. The van der Waals surface area contributed by atoms with Crippen molar-refractivity contribution in [2.24, 2.45) is 11.8 Å². The molecule has 0 N–H and O–H groups in total. The summed E-state index contributed by atoms with van der Waals surface area (Å²) in [7, 11) is 1.65. The minimum Gasteiger partial charge on any atom is -0.456 e. The second-order valence-corrected chi connectivity index (χ2v) is 8.13. The molecule has 0 radical (unpaired) electrons. The van der Waals surface area contributed by atoms with Crippen LogP contribution < -0.4 is 0 Å². The first-order valence-corrected chi connectivity index (χ1v) is 10.5. The van der Waals surface area contributed by atoms with Crippen LogP contribution in [-0.2, 0) is 30.4 Å². The molecule has 2 amide bonds. The van der Waals surface area contributed by atoms with Gasteiger partial charge in [0.25, 0.3) is 0 Å². The van der Waals surface area contributed by atoms with Gasteiger partial charge in [0, 0.05) is 37.2 Å². The molecule has 30 heavy (non-hydrogen) atoms. The summed E-state index contributed by atoms with van der Waals surface area (Å²) in [5, 5.41) is 0. The van der Waals surface area contributed by atoms with Gasteiger partial charge in [0.15, 0.2) is 6.61 Å². The van der Waals surface area contributed by atoms with Crippen molar-refractivity contribution < 1.29 is 28.7 Å². The lowest BCUT2D eigenvalue weighted by molar-refractivity contribution is -0.152. The quantitative estimate of drug-likeness (QED) is 0.264. The number of esters is 1. The van der Waals surface area contributed by atoms with Crippen LogP contribution in [0.2, 0.25) is 0 Å². The normalized spacial score (nSPS) is 21.1. The lowest BCUT2D eigenvalue weighted by atomic mass is 9.81. The Balaban J connectivity index is 1.55. The van der Waals surface area contributed by atoms with E-state index in [1.165, 1.54) is 0 Å². The second-order valence-electron chi connectivity index (χ2n) is 8.13. The van der Waals surface area contributed by atoms with E-state index in [4.69, 9.17) is 9.47 Å². The molecule has 2 aliphatic rings. The number of fused-ring (bicyclic) bond motifs is 1. The molecule has 0 bridgehead atoms. The summed E-state index contributed by atoms with van der Waals surface area (Å²) in [6.45, 7) is 4.32. The lowest BCUT2D eigenvalue weighted by Gasteiger charge is -2.19. The Morgan fingerprint density at radius 3 is 2.33 bits per heavy atom. The number of ether oxygens (including phenoxy) is 2. The first-order valence-electron chi connectivity index (χ1n) is 10.5. The Kier molecular flexibility index (Phi) is 7.07. The van der Waals surface area contributed by atoms with Gasteiger partial charge in [0.2, 0.25) is 17.6 Å². The molecule has 1 aliphatic heterocycles. The fourth-order valence-electron chi connectivity index (χ4n) is 4.58. The van der Waals surface area contributed by atoms with Gasteiger partial charge in [-0.2, -0.15) is 0 Å². The predicted molar refractivity (Wildman–Crippen MR) is 108 cm³/mol. The molecule has 1 aromatic rings. The zero-order valence-electron chi connectivity index (χ0n) is 17.9. The third-order valence-electron chi connectivity index (χ3n) is 6.19. The molecule has 1 saturated heterocycles. The number of rotatable bonds is 9. The van der Waals surface area contributed by atoms with Gasteiger partial charge in [-0.25, -0.2) is 0 Å². The second kappa shape index (κ2) is 9.55. The number of amides is 2. The van der Waals surface area contributed by atoms with Crippen molar-refractivity contribution in [1.82, 2.24) is 9.47 Å². The van der Waals surface area contributed by atoms with E-state index in [2.05, 4.69) is 0 Å². The first-order chi connectivity index (χ1) is 14.3. The Morgan fingerprint density at radius 1 is 1.10 bits per heavy atom. The number of aromatic nitrogens is 1. The molecule has 3 rings (SSSR count). The van der Waals surface area contributed by atoms with E-state index >= 15 is 0 Å². The summed E-state index contributed by atoms with van der Waals surface area (Å²) in [4.78, 5) is 50.7. The maximum atomic E-state index is 12.6. The minimum atomic E-state index is -0.738. The monoisotopic (exact) mass is 418 g/mol. The smallest absolute Gasteiger partial charge is 0.326 e. The van der Waals surface area contributed by atoms with Gasteiger partial charge in [0.05, 0.1) is 11.8 Å². The summed E-state index contributed by atoms with van der Waals surface area (Å²) in [6.07, 6.45) is 4.07. The van der Waals surface area contributed by atoms with E-state index in [-0.39, 0.29) is 29.4 Å². The van der Waals surface area contributed by atoms with E-state index in [9.17, 15) is 19.2 Å². The largest absolute Gasteiger partial charge is 0.456 e. The minimum absolute atomic E-state index is 0.285. The number of imide groups is 1. The van der Waals surface area contributed by atoms with Crippen LogP contribution in [-0.4, -0.2) is 59.9 Å². The van der Waals surface area contributed by atoms with Crippen LogP contribution in [0.3, 0.4) is 0 Å². The Hall–Kier alpha value is -2.48. The number of hydrogen-bond donors (Lipinski definition) is 0. The lowest BCUT2D eigenvalue weighted by Crippen LogP contribution is -2.37. The molecular formula is C22H30N2O6. The van der Waals surface area contributed by atoms with Gasteiger partial charge in [-0.3, -0.25) is 24.1 Å². The van der Waals surface area contributed by atoms with Crippen LogP contribution in [0.15, 0.2) is 6.07 Å².